The van der Waals surface area contributed by atoms with Gasteiger partial charge in [0.1, 0.15) is 0 Å². The molecule has 1 aliphatic rings. The molecular weight excluding hydrogens is 220 g/mol. The van der Waals surface area contributed by atoms with Crippen LogP contribution in [0.4, 0.5) is 0 Å². The normalized spacial score (nSPS) is 24.9. The van der Waals surface area contributed by atoms with Crippen LogP contribution in [0.5, 0.6) is 0 Å². The molecule has 0 saturated carbocycles. The number of thioether (sulfide) groups is 1. The van der Waals surface area contributed by atoms with Crippen LogP contribution in [-0.2, 0) is 18.3 Å². The van der Waals surface area contributed by atoms with Crippen molar-refractivity contribution >= 4 is 17.5 Å². The molecule has 3 nitrogen and oxygen atoms in total. The van der Waals surface area contributed by atoms with Gasteiger partial charge in [-0.3, -0.25) is 9.48 Å². The summed E-state index contributed by atoms with van der Waals surface area (Å²) in [5.41, 5.74) is 2.01. The summed E-state index contributed by atoms with van der Waals surface area (Å²) in [6.07, 6.45) is 2.70. The van der Waals surface area contributed by atoms with Crippen LogP contribution in [0, 0.1) is 6.92 Å². The Hall–Kier alpha value is -0.770. The van der Waals surface area contributed by atoms with E-state index in [0.717, 1.165) is 30.0 Å². The van der Waals surface area contributed by atoms with Crippen LogP contribution in [-0.4, -0.2) is 26.1 Å². The maximum atomic E-state index is 12.2. The highest BCUT2D eigenvalue weighted by molar-refractivity contribution is 8.01. The Balaban J connectivity index is 2.10. The summed E-state index contributed by atoms with van der Waals surface area (Å²) in [5.74, 6) is 1.46. The molecule has 0 aliphatic carbocycles. The molecule has 88 valence electrons. The highest BCUT2D eigenvalue weighted by Crippen LogP contribution is 2.39. The van der Waals surface area contributed by atoms with Crippen molar-refractivity contribution in [1.82, 2.24) is 9.78 Å². The molecule has 1 saturated heterocycles. The molecule has 0 aromatic carbocycles. The molecule has 0 bridgehead atoms. The van der Waals surface area contributed by atoms with Crippen LogP contribution in [0.2, 0.25) is 0 Å². The number of Topliss-reactive ketones (excluding diaryl/α,β-unsaturated/α-hetero) is 1. The third kappa shape index (κ3) is 2.17. The third-order valence-corrected chi connectivity index (χ3v) is 4.81. The van der Waals surface area contributed by atoms with Crippen molar-refractivity contribution in [2.75, 3.05) is 5.75 Å². The van der Waals surface area contributed by atoms with Gasteiger partial charge in [0.15, 0.2) is 5.78 Å². The van der Waals surface area contributed by atoms with Crippen molar-refractivity contribution < 1.29 is 4.79 Å². The highest BCUT2D eigenvalue weighted by Gasteiger charge is 2.36. The molecule has 1 fully saturated rings. The fraction of sp³-hybridized carbons (Fsp3) is 0.667. The van der Waals surface area contributed by atoms with Crippen molar-refractivity contribution in [2.45, 2.75) is 37.9 Å². The minimum atomic E-state index is -0.155. The summed E-state index contributed by atoms with van der Waals surface area (Å²) in [4.78, 5) is 12.2. The van der Waals surface area contributed by atoms with Gasteiger partial charge in [0, 0.05) is 19.2 Å². The molecule has 2 rings (SSSR count). The average Bonchev–Trinajstić information content (AvgIpc) is 2.75. The van der Waals surface area contributed by atoms with E-state index in [1.165, 1.54) is 0 Å². The predicted molar refractivity (Wildman–Crippen MR) is 66.8 cm³/mol. The van der Waals surface area contributed by atoms with E-state index >= 15 is 0 Å². The summed E-state index contributed by atoms with van der Waals surface area (Å²) in [6.45, 7) is 4.04. The molecule has 1 aliphatic heterocycles. The van der Waals surface area contributed by atoms with Crippen LogP contribution in [0.1, 0.15) is 31.2 Å². The Morgan fingerprint density at radius 3 is 2.94 bits per heavy atom. The number of aryl methyl sites for hydroxylation is 2. The smallest absolute Gasteiger partial charge is 0.154 e. The van der Waals surface area contributed by atoms with E-state index in [0.29, 0.717) is 12.2 Å². The molecule has 1 aromatic heterocycles. The Kier molecular flexibility index (Phi) is 3.10. The molecule has 2 heterocycles. The molecule has 0 N–H and O–H groups in total. The van der Waals surface area contributed by atoms with Crippen LogP contribution < -0.4 is 0 Å². The van der Waals surface area contributed by atoms with Crippen molar-refractivity contribution in [2.24, 2.45) is 7.05 Å². The lowest BCUT2D eigenvalue weighted by molar-refractivity contribution is -0.120. The van der Waals surface area contributed by atoms with Gasteiger partial charge in [-0.2, -0.15) is 5.10 Å². The Bertz CT molecular complexity index is 405. The molecule has 0 radical (unpaired) electrons. The van der Waals surface area contributed by atoms with Crippen LogP contribution in [0.3, 0.4) is 0 Å². The number of carbonyl (C=O) groups excluding carboxylic acids is 1. The number of carbonyl (C=O) groups is 1. The van der Waals surface area contributed by atoms with Crippen molar-refractivity contribution in [3.63, 3.8) is 0 Å². The molecule has 1 aromatic rings. The van der Waals surface area contributed by atoms with Gasteiger partial charge in [0.25, 0.3) is 0 Å². The molecule has 0 spiro atoms. The summed E-state index contributed by atoms with van der Waals surface area (Å²) in [7, 11) is 1.90. The van der Waals surface area contributed by atoms with E-state index in [1.54, 1.807) is 11.8 Å². The first-order valence-electron chi connectivity index (χ1n) is 5.68. The van der Waals surface area contributed by atoms with Gasteiger partial charge in [-0.25, -0.2) is 0 Å². The first kappa shape index (κ1) is 11.7. The van der Waals surface area contributed by atoms with E-state index in [1.807, 2.05) is 24.7 Å². The second-order valence-electron chi connectivity index (χ2n) is 4.68. The van der Waals surface area contributed by atoms with E-state index in [4.69, 9.17) is 0 Å². The van der Waals surface area contributed by atoms with Crippen LogP contribution in [0.15, 0.2) is 6.07 Å². The lowest BCUT2D eigenvalue weighted by Gasteiger charge is -2.20. The first-order valence-corrected chi connectivity index (χ1v) is 6.66. The van der Waals surface area contributed by atoms with Gasteiger partial charge < -0.3 is 0 Å². The van der Waals surface area contributed by atoms with Crippen molar-refractivity contribution in [3.8, 4) is 0 Å². The summed E-state index contributed by atoms with van der Waals surface area (Å²) >= 11 is 1.81. The standard InChI is InChI=1S/C12H18N2OS/c1-9-7-10(14(3)13-9)8-11(15)12(2)5-4-6-16-12/h7H,4-6,8H2,1-3H3. The van der Waals surface area contributed by atoms with E-state index in [9.17, 15) is 4.79 Å². The van der Waals surface area contributed by atoms with E-state index < -0.39 is 0 Å². The SMILES string of the molecule is Cc1cc(CC(=O)C2(C)CCCS2)n(C)n1. The maximum absolute atomic E-state index is 12.2. The van der Waals surface area contributed by atoms with Crippen molar-refractivity contribution in [1.29, 1.82) is 0 Å². The number of nitrogens with zero attached hydrogens (tertiary/aromatic N) is 2. The second-order valence-corrected chi connectivity index (χ2v) is 6.28. The fourth-order valence-electron chi connectivity index (χ4n) is 2.18. The summed E-state index contributed by atoms with van der Waals surface area (Å²) in [6, 6.07) is 2.00. The van der Waals surface area contributed by atoms with E-state index in [-0.39, 0.29) is 4.75 Å². The zero-order chi connectivity index (χ0) is 11.8. The van der Waals surface area contributed by atoms with Gasteiger partial charge in [-0.1, -0.05) is 0 Å². The van der Waals surface area contributed by atoms with Gasteiger partial charge in [-0.15, -0.1) is 11.8 Å². The summed E-state index contributed by atoms with van der Waals surface area (Å²) in [5, 5.41) is 4.27. The number of hydrogen-bond donors (Lipinski definition) is 0. The monoisotopic (exact) mass is 238 g/mol. The third-order valence-electron chi connectivity index (χ3n) is 3.25. The van der Waals surface area contributed by atoms with Crippen LogP contribution in [0.25, 0.3) is 0 Å². The predicted octanol–water partition coefficient (Wildman–Crippen LogP) is 2.13. The zero-order valence-corrected chi connectivity index (χ0v) is 10.9. The molecule has 16 heavy (non-hydrogen) atoms. The largest absolute Gasteiger partial charge is 0.298 e. The second kappa shape index (κ2) is 4.24. The Morgan fingerprint density at radius 2 is 2.44 bits per heavy atom. The van der Waals surface area contributed by atoms with Crippen molar-refractivity contribution in [3.05, 3.63) is 17.5 Å². The van der Waals surface area contributed by atoms with Gasteiger partial charge in [-0.05, 0) is 38.5 Å². The lowest BCUT2D eigenvalue weighted by atomic mass is 9.97. The van der Waals surface area contributed by atoms with E-state index in [2.05, 4.69) is 12.0 Å². The molecule has 1 unspecified atom stereocenters. The molecule has 4 heteroatoms. The van der Waals surface area contributed by atoms with Gasteiger partial charge >= 0.3 is 0 Å². The maximum Gasteiger partial charge on any atom is 0.154 e. The molecule has 0 amide bonds. The number of hydrogen-bond acceptors (Lipinski definition) is 3. The summed E-state index contributed by atoms with van der Waals surface area (Å²) < 4.78 is 1.66. The Labute approximate surface area is 101 Å². The zero-order valence-electron chi connectivity index (χ0n) is 10.1. The number of aromatic nitrogens is 2. The minimum absolute atomic E-state index is 0.155. The Morgan fingerprint density at radius 1 is 1.69 bits per heavy atom. The molecule has 1 atom stereocenters. The molecular formula is C12H18N2OS. The fourth-order valence-corrected chi connectivity index (χ4v) is 3.44. The van der Waals surface area contributed by atoms with Gasteiger partial charge in [0.05, 0.1) is 10.4 Å². The highest BCUT2D eigenvalue weighted by atomic mass is 32.2. The number of rotatable bonds is 3. The van der Waals surface area contributed by atoms with Gasteiger partial charge in [0.2, 0.25) is 0 Å². The topological polar surface area (TPSA) is 34.9 Å². The average molecular weight is 238 g/mol. The minimum Gasteiger partial charge on any atom is -0.298 e. The first-order chi connectivity index (χ1) is 7.51. The number of ketones is 1. The lowest BCUT2D eigenvalue weighted by Crippen LogP contribution is -2.30. The quantitative estimate of drug-likeness (QED) is 0.809. The van der Waals surface area contributed by atoms with Crippen LogP contribution >= 0.6 is 11.8 Å².